The Morgan fingerprint density at radius 2 is 2.31 bits per heavy atom. The molecule has 1 aliphatic rings. The van der Waals surface area contributed by atoms with E-state index in [4.69, 9.17) is 0 Å². The Morgan fingerprint density at radius 3 is 3.06 bits per heavy atom. The highest BCUT2D eigenvalue weighted by molar-refractivity contribution is 7.18. The molecule has 4 heteroatoms. The first kappa shape index (κ1) is 10.2. The number of para-hydroxylation sites is 1. The van der Waals surface area contributed by atoms with Crippen LogP contribution in [-0.4, -0.2) is 34.2 Å². The molecule has 2 aromatic rings. The zero-order chi connectivity index (χ0) is 11.0. The van der Waals surface area contributed by atoms with Crippen molar-refractivity contribution in [2.45, 2.75) is 19.1 Å². The van der Waals surface area contributed by atoms with Crippen LogP contribution in [0.5, 0.6) is 0 Å². The minimum Gasteiger partial charge on any atom is -0.392 e. The smallest absolute Gasteiger partial charge is 0.108 e. The third-order valence-corrected chi connectivity index (χ3v) is 3.97. The van der Waals surface area contributed by atoms with E-state index in [1.807, 2.05) is 18.2 Å². The van der Waals surface area contributed by atoms with Crippen molar-refractivity contribution in [1.82, 2.24) is 9.88 Å². The Kier molecular flexibility index (Phi) is 2.63. The van der Waals surface area contributed by atoms with E-state index in [0.29, 0.717) is 0 Å². The molecule has 1 aromatic heterocycles. The number of rotatable bonds is 2. The molecule has 1 fully saturated rings. The number of aromatic nitrogens is 1. The number of aliphatic hydroxyl groups excluding tert-OH is 1. The van der Waals surface area contributed by atoms with Gasteiger partial charge in [0.25, 0.3) is 0 Å². The molecule has 84 valence electrons. The SMILES string of the molecule is O[C@@H]1CCN(Cc2nc3ccccc3s2)C1. The number of nitrogens with zero attached hydrogens (tertiary/aromatic N) is 2. The summed E-state index contributed by atoms with van der Waals surface area (Å²) in [5, 5.41) is 10.6. The van der Waals surface area contributed by atoms with Gasteiger partial charge in [-0.2, -0.15) is 0 Å². The molecular formula is C12H14N2OS. The van der Waals surface area contributed by atoms with Crippen LogP contribution in [0.3, 0.4) is 0 Å². The number of β-amino-alcohol motifs (C(OH)–C–C–N with tert-alkyl or cyclic N) is 1. The molecule has 0 bridgehead atoms. The predicted molar refractivity (Wildman–Crippen MR) is 65.5 cm³/mol. The molecule has 16 heavy (non-hydrogen) atoms. The fourth-order valence-electron chi connectivity index (χ4n) is 2.13. The number of hydrogen-bond donors (Lipinski definition) is 1. The molecule has 3 rings (SSSR count). The molecule has 0 unspecified atom stereocenters. The molecule has 1 aromatic carbocycles. The molecule has 1 atom stereocenters. The molecule has 0 radical (unpaired) electrons. The molecule has 1 N–H and O–H groups in total. The summed E-state index contributed by atoms with van der Waals surface area (Å²) in [5.41, 5.74) is 1.09. The zero-order valence-electron chi connectivity index (χ0n) is 8.97. The van der Waals surface area contributed by atoms with Gasteiger partial charge in [-0.1, -0.05) is 12.1 Å². The Balaban J connectivity index is 1.79. The summed E-state index contributed by atoms with van der Waals surface area (Å²) in [7, 11) is 0. The van der Waals surface area contributed by atoms with E-state index in [0.717, 1.165) is 36.6 Å². The number of aliphatic hydroxyl groups is 1. The monoisotopic (exact) mass is 234 g/mol. The molecule has 0 amide bonds. The van der Waals surface area contributed by atoms with Crippen LogP contribution in [0.4, 0.5) is 0 Å². The van der Waals surface area contributed by atoms with Crippen LogP contribution in [-0.2, 0) is 6.54 Å². The van der Waals surface area contributed by atoms with Crippen LogP contribution in [0.2, 0.25) is 0 Å². The van der Waals surface area contributed by atoms with E-state index < -0.39 is 0 Å². The largest absolute Gasteiger partial charge is 0.392 e. The maximum absolute atomic E-state index is 9.46. The van der Waals surface area contributed by atoms with Gasteiger partial charge in [0.15, 0.2) is 0 Å². The van der Waals surface area contributed by atoms with Crippen molar-refractivity contribution in [2.24, 2.45) is 0 Å². The minimum absolute atomic E-state index is 0.144. The van der Waals surface area contributed by atoms with Gasteiger partial charge in [-0.3, -0.25) is 4.90 Å². The standard InChI is InChI=1S/C12H14N2OS/c15-9-5-6-14(7-9)8-12-13-10-3-1-2-4-11(10)16-12/h1-4,9,15H,5-8H2/t9-/m1/s1. The number of hydrogen-bond acceptors (Lipinski definition) is 4. The van der Waals surface area contributed by atoms with Gasteiger partial charge in [0.05, 0.1) is 22.9 Å². The lowest BCUT2D eigenvalue weighted by atomic mass is 10.3. The topological polar surface area (TPSA) is 36.4 Å². The normalized spacial score (nSPS) is 21.9. The predicted octanol–water partition coefficient (Wildman–Crippen LogP) is 1.86. The van der Waals surface area contributed by atoms with Crippen molar-refractivity contribution in [1.29, 1.82) is 0 Å². The zero-order valence-corrected chi connectivity index (χ0v) is 9.78. The van der Waals surface area contributed by atoms with E-state index in [9.17, 15) is 5.11 Å². The van der Waals surface area contributed by atoms with Gasteiger partial charge in [-0.05, 0) is 18.6 Å². The molecular weight excluding hydrogens is 220 g/mol. The van der Waals surface area contributed by atoms with Gasteiger partial charge < -0.3 is 5.11 Å². The van der Waals surface area contributed by atoms with Crippen LogP contribution in [0.15, 0.2) is 24.3 Å². The Labute approximate surface area is 98.3 Å². The molecule has 2 heterocycles. The summed E-state index contributed by atoms with van der Waals surface area (Å²) in [4.78, 5) is 6.86. The minimum atomic E-state index is -0.144. The molecule has 1 saturated heterocycles. The third-order valence-electron chi connectivity index (χ3n) is 2.94. The van der Waals surface area contributed by atoms with Crippen molar-refractivity contribution in [3.63, 3.8) is 0 Å². The van der Waals surface area contributed by atoms with Gasteiger partial charge in [0, 0.05) is 13.1 Å². The first-order valence-corrected chi connectivity index (χ1v) is 6.38. The van der Waals surface area contributed by atoms with Gasteiger partial charge in [-0.25, -0.2) is 4.98 Å². The average Bonchev–Trinajstić information content (AvgIpc) is 2.84. The Morgan fingerprint density at radius 1 is 1.44 bits per heavy atom. The van der Waals surface area contributed by atoms with E-state index in [1.165, 1.54) is 4.70 Å². The highest BCUT2D eigenvalue weighted by Crippen LogP contribution is 2.23. The van der Waals surface area contributed by atoms with Crippen LogP contribution < -0.4 is 0 Å². The summed E-state index contributed by atoms with van der Waals surface area (Å²) in [6, 6.07) is 8.22. The second-order valence-corrected chi connectivity index (χ2v) is 5.37. The van der Waals surface area contributed by atoms with Gasteiger partial charge >= 0.3 is 0 Å². The van der Waals surface area contributed by atoms with E-state index in [1.54, 1.807) is 11.3 Å². The van der Waals surface area contributed by atoms with Crippen LogP contribution >= 0.6 is 11.3 Å². The maximum Gasteiger partial charge on any atom is 0.108 e. The van der Waals surface area contributed by atoms with Crippen molar-refractivity contribution in [3.8, 4) is 0 Å². The molecule has 0 aliphatic carbocycles. The second kappa shape index (κ2) is 4.13. The summed E-state index contributed by atoms with van der Waals surface area (Å²) in [5.74, 6) is 0. The number of thiazole rings is 1. The van der Waals surface area contributed by atoms with E-state index in [2.05, 4.69) is 16.0 Å². The number of fused-ring (bicyclic) bond motifs is 1. The molecule has 3 nitrogen and oxygen atoms in total. The summed E-state index contributed by atoms with van der Waals surface area (Å²) < 4.78 is 1.25. The number of likely N-dealkylation sites (tertiary alicyclic amines) is 1. The molecule has 0 spiro atoms. The third kappa shape index (κ3) is 1.96. The quantitative estimate of drug-likeness (QED) is 0.861. The van der Waals surface area contributed by atoms with Crippen LogP contribution in [0, 0.1) is 0 Å². The Bertz CT molecular complexity index is 463. The summed E-state index contributed by atoms with van der Waals surface area (Å²) in [6.45, 7) is 2.64. The van der Waals surface area contributed by atoms with E-state index in [-0.39, 0.29) is 6.10 Å². The Hall–Kier alpha value is -0.970. The van der Waals surface area contributed by atoms with Gasteiger partial charge in [-0.15, -0.1) is 11.3 Å². The summed E-state index contributed by atoms with van der Waals surface area (Å²) >= 11 is 1.75. The second-order valence-electron chi connectivity index (χ2n) is 4.25. The van der Waals surface area contributed by atoms with Crippen LogP contribution in [0.25, 0.3) is 10.2 Å². The lowest BCUT2D eigenvalue weighted by Gasteiger charge is -2.11. The molecule has 1 aliphatic heterocycles. The fourth-order valence-corrected chi connectivity index (χ4v) is 3.14. The highest BCUT2D eigenvalue weighted by atomic mass is 32.1. The first-order valence-electron chi connectivity index (χ1n) is 5.56. The maximum atomic E-state index is 9.46. The number of benzene rings is 1. The summed E-state index contributed by atoms with van der Waals surface area (Å²) in [6.07, 6.45) is 0.750. The highest BCUT2D eigenvalue weighted by Gasteiger charge is 2.20. The lowest BCUT2D eigenvalue weighted by Crippen LogP contribution is -2.21. The van der Waals surface area contributed by atoms with Crippen molar-refractivity contribution in [3.05, 3.63) is 29.3 Å². The van der Waals surface area contributed by atoms with Gasteiger partial charge in [0.2, 0.25) is 0 Å². The average molecular weight is 234 g/mol. The fraction of sp³-hybridized carbons (Fsp3) is 0.417. The van der Waals surface area contributed by atoms with Crippen molar-refractivity contribution >= 4 is 21.6 Å². The molecule has 0 saturated carbocycles. The lowest BCUT2D eigenvalue weighted by molar-refractivity contribution is 0.175. The van der Waals surface area contributed by atoms with Gasteiger partial charge in [0.1, 0.15) is 5.01 Å². The van der Waals surface area contributed by atoms with E-state index >= 15 is 0 Å². The first-order chi connectivity index (χ1) is 7.81. The van der Waals surface area contributed by atoms with Crippen LogP contribution in [0.1, 0.15) is 11.4 Å². The van der Waals surface area contributed by atoms with Crippen molar-refractivity contribution in [2.75, 3.05) is 13.1 Å². The van der Waals surface area contributed by atoms with Crippen molar-refractivity contribution < 1.29 is 5.11 Å².